The Bertz CT molecular complexity index is 434. The highest BCUT2D eigenvalue weighted by molar-refractivity contribution is 5.95. The molecule has 1 atom stereocenters. The van der Waals surface area contributed by atoms with Crippen LogP contribution in [-0.2, 0) is 4.74 Å². The maximum atomic E-state index is 11.2. The predicted octanol–water partition coefficient (Wildman–Crippen LogP) is 1.19. The molecule has 0 amide bonds. The van der Waals surface area contributed by atoms with E-state index in [1.165, 1.54) is 6.07 Å². The highest BCUT2D eigenvalue weighted by atomic mass is 16.5. The molecule has 1 heterocycles. The minimum Gasteiger partial charge on any atom is -0.478 e. The zero-order chi connectivity index (χ0) is 12.4. The molecule has 17 heavy (non-hydrogen) atoms. The van der Waals surface area contributed by atoms with E-state index in [-0.39, 0.29) is 11.7 Å². The van der Waals surface area contributed by atoms with Crippen molar-refractivity contribution in [1.82, 2.24) is 0 Å². The van der Waals surface area contributed by atoms with Crippen molar-refractivity contribution in [3.05, 3.63) is 23.8 Å². The lowest BCUT2D eigenvalue weighted by atomic mass is 10.1. The first-order valence-corrected chi connectivity index (χ1v) is 5.52. The molecule has 0 bridgehead atoms. The van der Waals surface area contributed by atoms with Crippen molar-refractivity contribution >= 4 is 17.3 Å². The van der Waals surface area contributed by atoms with E-state index < -0.39 is 5.97 Å². The summed E-state index contributed by atoms with van der Waals surface area (Å²) in [6.45, 7) is 1.53. The topological polar surface area (TPSA) is 75.8 Å². The molecule has 0 spiro atoms. The van der Waals surface area contributed by atoms with Crippen LogP contribution in [0.5, 0.6) is 0 Å². The smallest absolute Gasteiger partial charge is 0.337 e. The number of hydrogen-bond donors (Lipinski definition) is 2. The molecule has 2 rings (SSSR count). The summed E-state index contributed by atoms with van der Waals surface area (Å²) in [7, 11) is 1.68. The van der Waals surface area contributed by atoms with Crippen molar-refractivity contribution in [1.29, 1.82) is 0 Å². The molecule has 92 valence electrons. The lowest BCUT2D eigenvalue weighted by Gasteiger charge is -2.20. The van der Waals surface area contributed by atoms with Gasteiger partial charge in [-0.25, -0.2) is 4.79 Å². The van der Waals surface area contributed by atoms with Gasteiger partial charge in [0, 0.05) is 25.9 Å². The maximum Gasteiger partial charge on any atom is 0.337 e. The number of ether oxygens (including phenoxy) is 1. The summed E-state index contributed by atoms with van der Waals surface area (Å²) in [6.07, 6.45) is 1.09. The largest absolute Gasteiger partial charge is 0.478 e. The minimum absolute atomic E-state index is 0.175. The van der Waals surface area contributed by atoms with Crippen LogP contribution in [0.2, 0.25) is 0 Å². The molecule has 1 fully saturated rings. The van der Waals surface area contributed by atoms with Gasteiger partial charge in [-0.1, -0.05) is 0 Å². The molecule has 5 nitrogen and oxygen atoms in total. The fraction of sp³-hybridized carbons (Fsp3) is 0.417. The lowest BCUT2D eigenvalue weighted by Crippen LogP contribution is -2.24. The first kappa shape index (κ1) is 11.7. The molecule has 3 N–H and O–H groups in total. The molecule has 0 aliphatic carbocycles. The van der Waals surface area contributed by atoms with Crippen LogP contribution >= 0.6 is 0 Å². The summed E-state index contributed by atoms with van der Waals surface area (Å²) >= 11 is 0. The molecule has 1 aromatic rings. The fourth-order valence-electron chi connectivity index (χ4n) is 2.14. The quantitative estimate of drug-likeness (QED) is 0.771. The number of nitrogen functional groups attached to an aromatic ring is 1. The molecule has 0 radical (unpaired) electrons. The van der Waals surface area contributed by atoms with Gasteiger partial charge in [-0.05, 0) is 24.6 Å². The average Bonchev–Trinajstić information content (AvgIpc) is 2.77. The van der Waals surface area contributed by atoms with Gasteiger partial charge in [0.15, 0.2) is 0 Å². The van der Waals surface area contributed by atoms with Gasteiger partial charge in [-0.2, -0.15) is 0 Å². The number of carbonyl (C=O) groups is 1. The molecular formula is C12H16N2O3. The Labute approximate surface area is 99.8 Å². The Kier molecular flexibility index (Phi) is 3.19. The monoisotopic (exact) mass is 236 g/mol. The number of carboxylic acid groups (broad SMARTS) is 1. The molecule has 0 saturated carbocycles. The summed E-state index contributed by atoms with van der Waals surface area (Å²) in [5.74, 6) is -0.951. The van der Waals surface area contributed by atoms with Crippen molar-refractivity contribution in [2.75, 3.05) is 30.8 Å². The van der Waals surface area contributed by atoms with Crippen LogP contribution in [0, 0.1) is 0 Å². The third kappa shape index (κ3) is 2.34. The van der Waals surface area contributed by atoms with E-state index in [0.29, 0.717) is 11.4 Å². The van der Waals surface area contributed by atoms with E-state index in [1.54, 1.807) is 19.2 Å². The Hall–Kier alpha value is -1.75. The Balaban J connectivity index is 2.29. The number of carboxylic acids is 1. The van der Waals surface area contributed by atoms with E-state index in [1.807, 2.05) is 4.90 Å². The van der Waals surface area contributed by atoms with Gasteiger partial charge in [0.25, 0.3) is 0 Å². The van der Waals surface area contributed by atoms with Crippen LogP contribution in [0.1, 0.15) is 16.8 Å². The molecule has 0 aromatic heterocycles. The number of aromatic carboxylic acids is 1. The third-order valence-corrected chi connectivity index (χ3v) is 3.07. The van der Waals surface area contributed by atoms with Gasteiger partial charge in [0.05, 0.1) is 17.4 Å². The Morgan fingerprint density at radius 2 is 2.35 bits per heavy atom. The molecule has 1 saturated heterocycles. The van der Waals surface area contributed by atoms with Gasteiger partial charge >= 0.3 is 5.97 Å². The molecule has 1 unspecified atom stereocenters. The van der Waals surface area contributed by atoms with Gasteiger partial charge in [-0.3, -0.25) is 0 Å². The van der Waals surface area contributed by atoms with Gasteiger partial charge in [0.2, 0.25) is 0 Å². The van der Waals surface area contributed by atoms with E-state index in [0.717, 1.165) is 19.5 Å². The number of nitrogens with two attached hydrogens (primary N) is 1. The summed E-state index contributed by atoms with van der Waals surface area (Å²) in [5.41, 5.74) is 7.04. The standard InChI is InChI=1S/C12H16N2O3/c1-17-9-4-5-14(7-9)11-3-2-8(13)6-10(11)12(15)16/h2-3,6,9H,4-5,7,13H2,1H3,(H,15,16). The third-order valence-electron chi connectivity index (χ3n) is 3.07. The molecular weight excluding hydrogens is 220 g/mol. The normalized spacial score (nSPS) is 19.6. The van der Waals surface area contributed by atoms with Gasteiger partial charge in [-0.15, -0.1) is 0 Å². The molecule has 1 aliphatic heterocycles. The van der Waals surface area contributed by atoms with Crippen molar-refractivity contribution in [2.45, 2.75) is 12.5 Å². The number of nitrogens with zero attached hydrogens (tertiary/aromatic N) is 1. The van der Waals surface area contributed by atoms with Crippen LogP contribution in [0.4, 0.5) is 11.4 Å². The van der Waals surface area contributed by atoms with E-state index in [9.17, 15) is 4.79 Å². The number of benzene rings is 1. The highest BCUT2D eigenvalue weighted by Crippen LogP contribution is 2.27. The maximum absolute atomic E-state index is 11.2. The van der Waals surface area contributed by atoms with Crippen LogP contribution in [0.25, 0.3) is 0 Å². The summed E-state index contributed by atoms with van der Waals surface area (Å²) < 4.78 is 5.27. The van der Waals surface area contributed by atoms with Crippen molar-refractivity contribution in [3.8, 4) is 0 Å². The minimum atomic E-state index is -0.951. The highest BCUT2D eigenvalue weighted by Gasteiger charge is 2.25. The first-order valence-electron chi connectivity index (χ1n) is 5.52. The van der Waals surface area contributed by atoms with Gasteiger partial charge in [0.1, 0.15) is 0 Å². The average molecular weight is 236 g/mol. The molecule has 5 heteroatoms. The van der Waals surface area contributed by atoms with Crippen LogP contribution in [0.3, 0.4) is 0 Å². The van der Waals surface area contributed by atoms with Crippen molar-refractivity contribution in [3.63, 3.8) is 0 Å². The second-order valence-electron chi connectivity index (χ2n) is 4.17. The SMILES string of the molecule is COC1CCN(c2ccc(N)cc2C(=O)O)C1. The van der Waals surface area contributed by atoms with Crippen LogP contribution in [0.15, 0.2) is 18.2 Å². The Morgan fingerprint density at radius 3 is 2.94 bits per heavy atom. The molecule has 1 aliphatic rings. The second-order valence-corrected chi connectivity index (χ2v) is 4.17. The summed E-state index contributed by atoms with van der Waals surface area (Å²) in [5, 5.41) is 9.16. The zero-order valence-electron chi connectivity index (χ0n) is 9.72. The van der Waals surface area contributed by atoms with E-state index in [4.69, 9.17) is 15.6 Å². The zero-order valence-corrected chi connectivity index (χ0v) is 9.72. The van der Waals surface area contributed by atoms with Crippen molar-refractivity contribution in [2.24, 2.45) is 0 Å². The van der Waals surface area contributed by atoms with E-state index >= 15 is 0 Å². The van der Waals surface area contributed by atoms with Crippen LogP contribution < -0.4 is 10.6 Å². The van der Waals surface area contributed by atoms with E-state index in [2.05, 4.69) is 0 Å². The number of anilines is 2. The summed E-state index contributed by atoms with van der Waals surface area (Å²) in [6, 6.07) is 4.98. The number of rotatable bonds is 3. The van der Waals surface area contributed by atoms with Crippen molar-refractivity contribution < 1.29 is 14.6 Å². The first-order chi connectivity index (χ1) is 8.11. The lowest BCUT2D eigenvalue weighted by molar-refractivity contribution is 0.0697. The molecule has 1 aromatic carbocycles. The van der Waals surface area contributed by atoms with Crippen LogP contribution in [-0.4, -0.2) is 37.4 Å². The second kappa shape index (κ2) is 4.63. The fourth-order valence-corrected chi connectivity index (χ4v) is 2.14. The number of hydrogen-bond acceptors (Lipinski definition) is 4. The Morgan fingerprint density at radius 1 is 1.59 bits per heavy atom. The summed E-state index contributed by atoms with van der Waals surface area (Å²) in [4.78, 5) is 13.2. The predicted molar refractivity (Wildman–Crippen MR) is 65.4 cm³/mol. The van der Waals surface area contributed by atoms with Gasteiger partial charge < -0.3 is 20.5 Å². The number of methoxy groups -OCH3 is 1.